The Morgan fingerprint density at radius 2 is 1.00 bits per heavy atom. The molecule has 0 N–H and O–H groups in total. The average molecular weight is 675 g/mol. The zero-order chi connectivity index (χ0) is 26.5. The molecule has 0 spiro atoms. The SMILES string of the molecule is CC1=Cc2c(CC3CCCCC3)cccc2[CH]1[Zr]([CH3])([CH3])(=[SiH2])[CH]1C(C)=Cc2c(CC3CCCCC3)cccc21.Cl.Cl. The first-order valence-electron chi connectivity index (χ1n) is 15.9. The van der Waals surface area contributed by atoms with Crippen molar-refractivity contribution in [1.29, 1.82) is 0 Å². The van der Waals surface area contributed by atoms with E-state index in [4.69, 9.17) is 0 Å². The van der Waals surface area contributed by atoms with E-state index in [0.717, 1.165) is 11.8 Å². The predicted molar refractivity (Wildman–Crippen MR) is 181 cm³/mol. The van der Waals surface area contributed by atoms with Crippen molar-refractivity contribution < 1.29 is 17.4 Å². The summed E-state index contributed by atoms with van der Waals surface area (Å²) in [6.07, 6.45) is 22.2. The molecule has 0 radical (unpaired) electrons. The molecule has 2 saturated carbocycles. The average Bonchev–Trinajstić information content (AvgIpc) is 3.43. The standard InChI is InChI=1S/2C17H21.2CH3.2ClH.H2Si.Zr/c2*1-13-10-15-8-5-9-16(17(15)11-13)12-14-6-3-2-4-7-14;;;;;;/h2*5,8-11,14H,2-4,6-7,12H2,1H3;2*1H3;2*1H;1H2;. The van der Waals surface area contributed by atoms with Gasteiger partial charge >= 0.3 is 237 Å². The molecule has 40 heavy (non-hydrogen) atoms. The van der Waals surface area contributed by atoms with Crippen LogP contribution in [0.2, 0.25) is 9.26 Å². The van der Waals surface area contributed by atoms with Crippen LogP contribution < -0.4 is 0 Å². The van der Waals surface area contributed by atoms with Crippen molar-refractivity contribution in [3.8, 4) is 0 Å². The molecule has 0 saturated heterocycles. The van der Waals surface area contributed by atoms with Crippen molar-refractivity contribution in [3.05, 3.63) is 80.9 Å². The van der Waals surface area contributed by atoms with Crippen molar-refractivity contribution in [2.45, 2.75) is 107 Å². The van der Waals surface area contributed by atoms with E-state index in [1.165, 1.54) is 77.0 Å². The van der Waals surface area contributed by atoms with Gasteiger partial charge in [-0.15, -0.1) is 24.8 Å². The summed E-state index contributed by atoms with van der Waals surface area (Å²) in [7, 11) is 0. The van der Waals surface area contributed by atoms with E-state index in [9.17, 15) is 0 Å². The molecule has 0 aliphatic heterocycles. The Balaban J connectivity index is 0.00000185. The van der Waals surface area contributed by atoms with Crippen LogP contribution in [-0.4, -0.2) is 6.88 Å². The minimum absolute atomic E-state index is 0. The van der Waals surface area contributed by atoms with Gasteiger partial charge in [0.1, 0.15) is 0 Å². The maximum Gasteiger partial charge on any atom is -0.147 e. The Labute approximate surface area is 259 Å². The number of fused-ring (bicyclic) bond motifs is 2. The summed E-state index contributed by atoms with van der Waals surface area (Å²) in [6.45, 7) is 7.44. The summed E-state index contributed by atoms with van der Waals surface area (Å²) in [6, 6.07) is 14.7. The first-order valence-corrected chi connectivity index (χ1v) is 29.6. The third kappa shape index (κ3) is 6.00. The van der Waals surface area contributed by atoms with Gasteiger partial charge in [0.2, 0.25) is 0 Å². The fraction of sp³-hybridized carbons (Fsp3) is 0.556. The van der Waals surface area contributed by atoms with Crippen LogP contribution in [0.3, 0.4) is 0 Å². The molecule has 4 aliphatic carbocycles. The van der Waals surface area contributed by atoms with Crippen molar-refractivity contribution >= 4 is 43.8 Å². The Bertz CT molecular complexity index is 1250. The monoisotopic (exact) mass is 672 g/mol. The van der Waals surface area contributed by atoms with Gasteiger partial charge in [0.05, 0.1) is 0 Å². The van der Waals surface area contributed by atoms with Crippen LogP contribution in [0.1, 0.15) is 119 Å². The topological polar surface area (TPSA) is 0 Å². The second-order valence-corrected chi connectivity index (χ2v) is 45.3. The summed E-state index contributed by atoms with van der Waals surface area (Å²) >= 11 is -3.38. The van der Waals surface area contributed by atoms with Gasteiger partial charge in [0, 0.05) is 0 Å². The number of hydrogen-bond acceptors (Lipinski definition) is 0. The molecular formula is C36H52Cl2SiZr. The number of rotatable bonds is 6. The number of hydrogen-bond donors (Lipinski definition) is 0. The van der Waals surface area contributed by atoms with Gasteiger partial charge in [-0.3, -0.25) is 0 Å². The van der Waals surface area contributed by atoms with E-state index in [1.807, 2.05) is 0 Å². The molecule has 2 aromatic rings. The largest absolute Gasteiger partial charge is 0.147 e. The smallest absolute Gasteiger partial charge is 0.147 e. The molecule has 218 valence electrons. The molecule has 0 aromatic heterocycles. The van der Waals surface area contributed by atoms with Crippen molar-refractivity contribution in [3.63, 3.8) is 0 Å². The van der Waals surface area contributed by atoms with E-state index < -0.39 is 17.4 Å². The van der Waals surface area contributed by atoms with E-state index in [-0.39, 0.29) is 24.8 Å². The maximum atomic E-state index is 2.80. The van der Waals surface area contributed by atoms with Crippen LogP contribution in [-0.2, 0) is 30.2 Å². The Morgan fingerprint density at radius 3 is 1.38 bits per heavy atom. The van der Waals surface area contributed by atoms with Crippen LogP contribution in [0.5, 0.6) is 0 Å². The third-order valence-corrected chi connectivity index (χ3v) is 29.0. The summed E-state index contributed by atoms with van der Waals surface area (Å²) < 4.78 is 6.90. The number of benzene rings is 2. The van der Waals surface area contributed by atoms with E-state index in [2.05, 4.69) is 78.5 Å². The van der Waals surface area contributed by atoms with E-state index in [0.29, 0.717) is 7.25 Å². The maximum absolute atomic E-state index is 3.38. The molecule has 0 bridgehead atoms. The number of allylic oxidation sites excluding steroid dienone is 2. The van der Waals surface area contributed by atoms with Crippen LogP contribution in [0.15, 0.2) is 47.5 Å². The Hall–Kier alpha value is -0.400. The molecule has 2 fully saturated rings. The van der Waals surface area contributed by atoms with Gasteiger partial charge in [0.15, 0.2) is 0 Å². The zero-order valence-electron chi connectivity index (χ0n) is 25.4. The van der Waals surface area contributed by atoms with Gasteiger partial charge in [-0.25, -0.2) is 0 Å². The first-order chi connectivity index (χ1) is 18.2. The Kier molecular flexibility index (Phi) is 10.3. The molecule has 4 heteroatoms. The Morgan fingerprint density at radius 1 is 0.625 bits per heavy atom. The molecule has 0 nitrogen and oxygen atoms in total. The van der Waals surface area contributed by atoms with Crippen molar-refractivity contribution in [1.82, 2.24) is 0 Å². The fourth-order valence-corrected chi connectivity index (χ4v) is 30.9. The fourth-order valence-electron chi connectivity index (χ4n) is 9.68. The molecule has 2 aromatic carbocycles. The molecule has 4 aliphatic rings. The van der Waals surface area contributed by atoms with E-state index >= 15 is 0 Å². The molecule has 2 atom stereocenters. The van der Waals surface area contributed by atoms with Gasteiger partial charge in [-0.05, 0) is 0 Å². The molecule has 2 unspecified atom stereocenters. The van der Waals surface area contributed by atoms with Gasteiger partial charge in [-0.2, -0.15) is 0 Å². The third-order valence-electron chi connectivity index (χ3n) is 11.1. The molecule has 6 rings (SSSR count). The quantitative estimate of drug-likeness (QED) is 0.268. The van der Waals surface area contributed by atoms with Gasteiger partial charge < -0.3 is 0 Å². The van der Waals surface area contributed by atoms with Crippen molar-refractivity contribution in [2.75, 3.05) is 0 Å². The summed E-state index contributed by atoms with van der Waals surface area (Å²) in [5.74, 6) is 1.79. The normalized spacial score (nSPS) is 23.4. The minimum atomic E-state index is -3.38. The van der Waals surface area contributed by atoms with Crippen LogP contribution >= 0.6 is 24.8 Å². The minimum Gasteiger partial charge on any atom is -0.147 e. The first kappa shape index (κ1) is 32.5. The van der Waals surface area contributed by atoms with Crippen LogP contribution in [0.25, 0.3) is 12.2 Å². The predicted octanol–water partition coefficient (Wildman–Crippen LogP) is 10.7. The molecule has 0 heterocycles. The molecular weight excluding hydrogens is 623 g/mol. The summed E-state index contributed by atoms with van der Waals surface area (Å²) in [5.41, 5.74) is 13.2. The van der Waals surface area contributed by atoms with E-state index in [1.54, 1.807) is 44.5 Å². The number of halogens is 2. The second kappa shape index (κ2) is 12.7. The zero-order valence-corrected chi connectivity index (χ0v) is 30.9. The molecule has 0 amide bonds. The van der Waals surface area contributed by atoms with Crippen LogP contribution in [0.4, 0.5) is 0 Å². The summed E-state index contributed by atoms with van der Waals surface area (Å²) in [4.78, 5) is 0. The van der Waals surface area contributed by atoms with Gasteiger partial charge in [-0.1, -0.05) is 0 Å². The second-order valence-electron chi connectivity index (χ2n) is 14.8. The van der Waals surface area contributed by atoms with Gasteiger partial charge in [0.25, 0.3) is 0 Å². The van der Waals surface area contributed by atoms with Crippen LogP contribution in [0, 0.1) is 11.8 Å². The summed E-state index contributed by atoms with van der Waals surface area (Å²) in [5, 5.41) is 0. The van der Waals surface area contributed by atoms with Crippen molar-refractivity contribution in [2.24, 2.45) is 11.8 Å².